The quantitative estimate of drug-likeness (QED) is 0.374. The molecule has 0 bridgehead atoms. The van der Waals surface area contributed by atoms with Crippen LogP contribution < -0.4 is 16.5 Å². The number of nitrogens with two attached hydrogens (primary N) is 2. The lowest BCUT2D eigenvalue weighted by Crippen LogP contribution is -2.44. The number of fused-ring (bicyclic) bond motifs is 1. The predicted octanol–water partition coefficient (Wildman–Crippen LogP) is 0.524. The van der Waals surface area contributed by atoms with Crippen molar-refractivity contribution in [1.29, 1.82) is 0 Å². The van der Waals surface area contributed by atoms with Crippen LogP contribution in [0.25, 0.3) is 5.65 Å². The van der Waals surface area contributed by atoms with Gasteiger partial charge in [-0.2, -0.15) is 0 Å². The van der Waals surface area contributed by atoms with Crippen molar-refractivity contribution in [3.63, 3.8) is 0 Å². The van der Waals surface area contributed by atoms with Gasteiger partial charge in [-0.1, -0.05) is 0 Å². The summed E-state index contributed by atoms with van der Waals surface area (Å²) in [5.41, 5.74) is 9.32. The number of hydrogen-bond acceptors (Lipinski definition) is 7. The lowest BCUT2D eigenvalue weighted by Gasteiger charge is -2.34. The third-order valence-electron chi connectivity index (χ3n) is 5.39. The first-order valence-electron chi connectivity index (χ1n) is 9.57. The number of piperazine rings is 1. The summed E-state index contributed by atoms with van der Waals surface area (Å²) < 4.78 is 2.08. The van der Waals surface area contributed by atoms with Crippen LogP contribution in [0.1, 0.15) is 30.0 Å². The van der Waals surface area contributed by atoms with E-state index in [0.717, 1.165) is 43.2 Å². The monoisotopic (exact) mass is 385 g/mol. The maximum atomic E-state index is 10.9. The number of carboxylic acids is 1. The van der Waals surface area contributed by atoms with E-state index in [9.17, 15) is 4.79 Å². The van der Waals surface area contributed by atoms with Gasteiger partial charge in [0, 0.05) is 44.8 Å². The van der Waals surface area contributed by atoms with E-state index in [1.165, 1.54) is 29.6 Å². The molecular weight excluding hydrogens is 358 g/mol. The molecule has 2 aromatic rings. The van der Waals surface area contributed by atoms with Crippen molar-refractivity contribution >= 4 is 17.3 Å². The van der Waals surface area contributed by atoms with E-state index in [4.69, 9.17) is 21.7 Å². The molecule has 0 aromatic carbocycles. The molecule has 0 amide bonds. The van der Waals surface area contributed by atoms with Gasteiger partial charge in [-0.15, -0.1) is 0 Å². The molecule has 1 aliphatic carbocycles. The summed E-state index contributed by atoms with van der Waals surface area (Å²) in [6, 6.07) is 2.29. The molecule has 1 saturated heterocycles. The molecule has 3 heterocycles. The number of nitrogens with zero attached hydrogens (tertiary/aromatic N) is 5. The van der Waals surface area contributed by atoms with Crippen molar-refractivity contribution < 1.29 is 9.90 Å². The summed E-state index contributed by atoms with van der Waals surface area (Å²) in [6.45, 7) is 4.29. The van der Waals surface area contributed by atoms with Crippen LogP contribution in [0, 0.1) is 0 Å². The normalized spacial score (nSPS) is 18.6. The van der Waals surface area contributed by atoms with Crippen LogP contribution >= 0.6 is 0 Å². The third-order valence-corrected chi connectivity index (χ3v) is 5.39. The first-order chi connectivity index (χ1) is 13.4. The van der Waals surface area contributed by atoms with Crippen molar-refractivity contribution in [2.75, 3.05) is 38.1 Å². The molecule has 28 heavy (non-hydrogen) atoms. The third kappa shape index (κ3) is 3.90. The molecule has 0 radical (unpaired) electrons. The zero-order chi connectivity index (χ0) is 19.8. The average molecular weight is 385 g/mol. The maximum absolute atomic E-state index is 10.9. The van der Waals surface area contributed by atoms with E-state index in [0.29, 0.717) is 5.92 Å². The van der Waals surface area contributed by atoms with Crippen LogP contribution in [0.5, 0.6) is 0 Å². The van der Waals surface area contributed by atoms with Gasteiger partial charge < -0.3 is 30.0 Å². The van der Waals surface area contributed by atoms with E-state index in [1.807, 2.05) is 6.20 Å². The van der Waals surface area contributed by atoms with E-state index < -0.39 is 5.97 Å². The van der Waals surface area contributed by atoms with Gasteiger partial charge >= 0.3 is 5.97 Å². The lowest BCUT2D eigenvalue weighted by atomic mass is 10.1. The second-order valence-electron chi connectivity index (χ2n) is 7.75. The molecule has 150 valence electrons. The number of anilines is 1. The number of likely N-dealkylation sites (N-methyl/N-ethyl adjacent to an activating group) is 1. The summed E-state index contributed by atoms with van der Waals surface area (Å²) in [6.07, 6.45) is 7.82. The molecule has 2 fully saturated rings. The molecule has 4 rings (SSSR count). The van der Waals surface area contributed by atoms with Crippen LogP contribution in [0.2, 0.25) is 0 Å². The molecule has 0 atom stereocenters. The maximum Gasteiger partial charge on any atom is 0.353 e. The van der Waals surface area contributed by atoms with E-state index in [1.54, 1.807) is 0 Å². The van der Waals surface area contributed by atoms with Crippen LogP contribution in [-0.2, 0) is 11.3 Å². The second-order valence-corrected chi connectivity index (χ2v) is 7.75. The number of hydrogen-bond donors (Lipinski definition) is 3. The largest absolute Gasteiger partial charge is 0.477 e. The Bertz CT molecular complexity index is 910. The minimum atomic E-state index is -1.20. The Morgan fingerprint density at radius 3 is 2.68 bits per heavy atom. The molecular formula is C19H27N7O2. The van der Waals surface area contributed by atoms with Gasteiger partial charge in [0.05, 0.1) is 17.9 Å². The van der Waals surface area contributed by atoms with Crippen molar-refractivity contribution in [3.05, 3.63) is 41.6 Å². The fourth-order valence-electron chi connectivity index (χ4n) is 3.62. The van der Waals surface area contributed by atoms with E-state index in [-0.39, 0.29) is 12.2 Å². The van der Waals surface area contributed by atoms with Gasteiger partial charge in [-0.3, -0.25) is 0 Å². The first kappa shape index (κ1) is 18.6. The topological polar surface area (TPSA) is 116 Å². The summed E-state index contributed by atoms with van der Waals surface area (Å²) in [7, 11) is 2.15. The first-order valence-corrected chi connectivity index (χ1v) is 9.57. The fourth-order valence-corrected chi connectivity index (χ4v) is 3.62. The van der Waals surface area contributed by atoms with Crippen LogP contribution in [-0.4, -0.2) is 63.6 Å². The zero-order valence-electron chi connectivity index (χ0n) is 16.1. The van der Waals surface area contributed by atoms with Crippen LogP contribution in [0.4, 0.5) is 5.69 Å². The number of hydrazine groups is 1. The molecule has 5 N–H and O–H groups in total. The number of rotatable bonds is 6. The van der Waals surface area contributed by atoms with Gasteiger partial charge in [-0.25, -0.2) is 15.6 Å². The van der Waals surface area contributed by atoms with E-state index >= 15 is 0 Å². The number of aliphatic carboxylic acids is 1. The highest BCUT2D eigenvalue weighted by Crippen LogP contribution is 2.41. The van der Waals surface area contributed by atoms with Crippen molar-refractivity contribution in [2.24, 2.45) is 11.6 Å². The van der Waals surface area contributed by atoms with Crippen molar-refractivity contribution in [1.82, 2.24) is 19.3 Å². The van der Waals surface area contributed by atoms with Crippen LogP contribution in [0.3, 0.4) is 0 Å². The Hall–Kier alpha value is -2.78. The molecule has 1 saturated carbocycles. The number of carbonyl (C=O) groups is 1. The Morgan fingerprint density at radius 2 is 2.04 bits per heavy atom. The zero-order valence-corrected chi connectivity index (χ0v) is 16.1. The standard InChI is InChI=1S/C19H27N7O2/c1-23-4-6-24(7-5-23)17-8-14(13-2-3-13)9-25-10-15(22-18(17)25)11-26(21)12-16(20)19(27)28/h8-10,12-13H,2-7,11,20-21H2,1H3,(H,27,28)/b16-12-. The van der Waals surface area contributed by atoms with Crippen molar-refractivity contribution in [3.8, 4) is 0 Å². The highest BCUT2D eigenvalue weighted by atomic mass is 16.4. The van der Waals surface area contributed by atoms with Gasteiger partial charge in [0.2, 0.25) is 0 Å². The minimum Gasteiger partial charge on any atom is -0.477 e. The Kier molecular flexibility index (Phi) is 4.86. The molecule has 9 nitrogen and oxygen atoms in total. The van der Waals surface area contributed by atoms with Gasteiger partial charge in [-0.05, 0) is 37.4 Å². The number of pyridine rings is 1. The smallest absolute Gasteiger partial charge is 0.353 e. The Labute approximate surface area is 163 Å². The number of carboxylic acid groups (broad SMARTS) is 1. The average Bonchev–Trinajstić information content (AvgIpc) is 3.42. The van der Waals surface area contributed by atoms with Crippen LogP contribution in [0.15, 0.2) is 30.4 Å². The highest BCUT2D eigenvalue weighted by Gasteiger charge is 2.27. The number of imidazole rings is 1. The lowest BCUT2D eigenvalue weighted by molar-refractivity contribution is -0.132. The molecule has 0 unspecified atom stereocenters. The summed E-state index contributed by atoms with van der Waals surface area (Å²) in [4.78, 5) is 20.4. The molecule has 9 heteroatoms. The summed E-state index contributed by atoms with van der Waals surface area (Å²) in [5, 5.41) is 10.1. The highest BCUT2D eigenvalue weighted by molar-refractivity contribution is 5.85. The Balaban J connectivity index is 1.64. The van der Waals surface area contributed by atoms with Crippen molar-refractivity contribution in [2.45, 2.75) is 25.3 Å². The van der Waals surface area contributed by atoms with E-state index in [2.05, 4.69) is 33.5 Å². The summed E-state index contributed by atoms with van der Waals surface area (Å²) >= 11 is 0. The number of aromatic nitrogens is 2. The molecule has 0 spiro atoms. The molecule has 2 aromatic heterocycles. The molecule has 2 aliphatic rings. The molecule has 1 aliphatic heterocycles. The predicted molar refractivity (Wildman–Crippen MR) is 107 cm³/mol. The Morgan fingerprint density at radius 1 is 1.32 bits per heavy atom. The SMILES string of the molecule is CN1CCN(c2cc(C3CC3)cn3cc(CN(N)/C=C(\N)C(=O)O)nc23)CC1. The van der Waals surface area contributed by atoms with Gasteiger partial charge in [0.15, 0.2) is 5.65 Å². The second kappa shape index (κ2) is 7.33. The van der Waals surface area contributed by atoms with Gasteiger partial charge in [0.25, 0.3) is 0 Å². The summed E-state index contributed by atoms with van der Waals surface area (Å²) in [5.74, 6) is 5.35. The van der Waals surface area contributed by atoms with Gasteiger partial charge in [0.1, 0.15) is 5.70 Å². The minimum absolute atomic E-state index is 0.274. The fraction of sp³-hybridized carbons (Fsp3) is 0.474.